The zero-order chi connectivity index (χ0) is 40.1. The Morgan fingerprint density at radius 2 is 1.58 bits per heavy atom. The Balaban J connectivity index is 1.53. The molecular weight excluding hydrogens is 706 g/mol. The molecule has 5 amide bonds. The van der Waals surface area contributed by atoms with Gasteiger partial charge in [-0.2, -0.15) is 0 Å². The number of amides is 5. The summed E-state index contributed by atoms with van der Waals surface area (Å²) in [5, 5.41) is 20.5. The average molecular weight is 762 g/mol. The third-order valence-electron chi connectivity index (χ3n) is 10.6. The molecular formula is C40H55N7O8. The quantitative estimate of drug-likeness (QED) is 0.140. The molecule has 0 radical (unpaired) electrons. The molecule has 1 aromatic carbocycles. The zero-order valence-corrected chi connectivity index (χ0v) is 32.2. The van der Waals surface area contributed by atoms with Crippen molar-refractivity contribution in [3.8, 4) is 0 Å². The van der Waals surface area contributed by atoms with E-state index in [0.29, 0.717) is 37.7 Å². The maximum atomic E-state index is 14.6. The molecule has 6 atom stereocenters. The minimum atomic E-state index is -1.37. The molecule has 1 aliphatic carbocycles. The summed E-state index contributed by atoms with van der Waals surface area (Å²) < 4.78 is 0. The second-order valence-corrected chi connectivity index (χ2v) is 14.9. The van der Waals surface area contributed by atoms with Crippen molar-refractivity contribution in [1.82, 2.24) is 36.1 Å². The van der Waals surface area contributed by atoms with Crippen LogP contribution in [0.1, 0.15) is 102 Å². The van der Waals surface area contributed by atoms with E-state index in [0.717, 1.165) is 19.3 Å². The molecule has 15 heteroatoms. The van der Waals surface area contributed by atoms with Gasteiger partial charge in [0.15, 0.2) is 0 Å². The van der Waals surface area contributed by atoms with Crippen LogP contribution in [0, 0.1) is 17.8 Å². The molecule has 0 spiro atoms. The summed E-state index contributed by atoms with van der Waals surface area (Å²) in [7, 11) is 0. The molecule has 2 heterocycles. The van der Waals surface area contributed by atoms with Crippen LogP contribution >= 0.6 is 0 Å². The Labute approximate surface area is 322 Å². The van der Waals surface area contributed by atoms with E-state index in [1.807, 2.05) is 6.92 Å². The number of hydrogen-bond acceptors (Lipinski definition) is 9. The summed E-state index contributed by atoms with van der Waals surface area (Å²) in [5.41, 5.74) is 0.704. The first-order valence-corrected chi connectivity index (χ1v) is 19.5. The van der Waals surface area contributed by atoms with Crippen molar-refractivity contribution in [2.75, 3.05) is 6.54 Å². The first kappa shape index (κ1) is 42.5. The minimum absolute atomic E-state index is 0.0397. The van der Waals surface area contributed by atoms with E-state index in [1.54, 1.807) is 51.1 Å². The number of nitrogens with zero attached hydrogens (tertiary/aromatic N) is 3. The summed E-state index contributed by atoms with van der Waals surface area (Å²) in [6.45, 7) is 7.51. The number of Topliss-reactive ketones (excluding diaryl/α,β-unsaturated/α-hetero) is 1. The van der Waals surface area contributed by atoms with Crippen molar-refractivity contribution in [1.29, 1.82) is 0 Å². The van der Waals surface area contributed by atoms with Crippen LogP contribution < -0.4 is 21.3 Å². The lowest BCUT2D eigenvalue weighted by molar-refractivity contribution is -0.146. The summed E-state index contributed by atoms with van der Waals surface area (Å²) in [6.07, 6.45) is 9.82. The normalized spacial score (nSPS) is 19.4. The van der Waals surface area contributed by atoms with Gasteiger partial charge in [0.2, 0.25) is 23.5 Å². The molecule has 0 bridgehead atoms. The third kappa shape index (κ3) is 11.4. The molecule has 2 fully saturated rings. The van der Waals surface area contributed by atoms with Crippen LogP contribution in [0.3, 0.4) is 0 Å². The second-order valence-electron chi connectivity index (χ2n) is 14.9. The highest BCUT2D eigenvalue weighted by molar-refractivity contribution is 6.38. The first-order valence-electron chi connectivity index (χ1n) is 19.5. The lowest BCUT2D eigenvalue weighted by atomic mass is 9.82. The number of carbonyl (C=O) groups excluding carboxylic acids is 6. The van der Waals surface area contributed by atoms with Crippen molar-refractivity contribution in [2.45, 2.75) is 122 Å². The fraction of sp³-hybridized carbons (Fsp3) is 0.575. The largest absolute Gasteiger partial charge is 0.480 e. The van der Waals surface area contributed by atoms with Gasteiger partial charge in [-0.25, -0.2) is 9.78 Å². The van der Waals surface area contributed by atoms with E-state index in [9.17, 15) is 38.7 Å². The van der Waals surface area contributed by atoms with E-state index < -0.39 is 71.5 Å². The van der Waals surface area contributed by atoms with Gasteiger partial charge < -0.3 is 31.3 Å². The monoisotopic (exact) mass is 761 g/mol. The van der Waals surface area contributed by atoms with Gasteiger partial charge in [0, 0.05) is 25.4 Å². The standard InChI is InChI=1S/C40H55N7O8/c1-5-13-28(34(48)38(52)44-29(40(54)55)22-25-14-9-7-10-15-25)43-37(51)33-26(6-2)18-21-47(33)39(53)32(27-16-11-8-12-17-27)46-36(50)31(24(3)4)45-35(49)30-23-41-19-20-42-30/h7,9-10,14-15,19-20,23-24,26-29,31-33H,5-6,8,11-13,16-18,21-22H2,1-4H3,(H,43,51)(H,44,52)(H,45,49)(H,46,50)(H,54,55)/t26-,28?,29-,31-,32-,33-/m0/s1. The average Bonchev–Trinajstić information content (AvgIpc) is 3.63. The van der Waals surface area contributed by atoms with Crippen LogP contribution in [0.15, 0.2) is 48.9 Å². The lowest BCUT2D eigenvalue weighted by Crippen LogP contribution is -2.61. The summed E-state index contributed by atoms with van der Waals surface area (Å²) >= 11 is 0. The van der Waals surface area contributed by atoms with Gasteiger partial charge in [-0.05, 0) is 49.0 Å². The number of aromatic nitrogens is 2. The Kier molecular flexibility index (Phi) is 15.8. The maximum absolute atomic E-state index is 14.6. The predicted octanol–water partition coefficient (Wildman–Crippen LogP) is 2.59. The van der Waals surface area contributed by atoms with E-state index in [4.69, 9.17) is 0 Å². The van der Waals surface area contributed by atoms with E-state index in [-0.39, 0.29) is 42.8 Å². The van der Waals surface area contributed by atoms with E-state index >= 15 is 0 Å². The predicted molar refractivity (Wildman–Crippen MR) is 202 cm³/mol. The van der Waals surface area contributed by atoms with Crippen molar-refractivity contribution >= 4 is 41.3 Å². The van der Waals surface area contributed by atoms with Crippen LogP contribution in [0.2, 0.25) is 0 Å². The van der Waals surface area contributed by atoms with Crippen molar-refractivity contribution < 1.29 is 38.7 Å². The molecule has 2 aromatic rings. The fourth-order valence-corrected chi connectivity index (χ4v) is 7.58. The van der Waals surface area contributed by atoms with Crippen LogP contribution in [0.4, 0.5) is 0 Å². The topological polar surface area (TPSA) is 217 Å². The van der Waals surface area contributed by atoms with Gasteiger partial charge in [-0.1, -0.05) is 90.1 Å². The minimum Gasteiger partial charge on any atom is -0.480 e. The number of nitrogens with one attached hydrogen (secondary N) is 4. The molecule has 55 heavy (non-hydrogen) atoms. The number of carbonyl (C=O) groups is 7. The molecule has 5 N–H and O–H groups in total. The van der Waals surface area contributed by atoms with Gasteiger partial charge in [-0.3, -0.25) is 33.8 Å². The highest BCUT2D eigenvalue weighted by atomic mass is 16.4. The van der Waals surface area contributed by atoms with Crippen LogP contribution in [-0.2, 0) is 35.2 Å². The highest BCUT2D eigenvalue weighted by Gasteiger charge is 2.46. The number of likely N-dealkylation sites (tertiary alicyclic amines) is 1. The molecule has 15 nitrogen and oxygen atoms in total. The second kappa shape index (κ2) is 20.5. The summed E-state index contributed by atoms with van der Waals surface area (Å²) in [6, 6.07) is 3.14. The third-order valence-corrected chi connectivity index (χ3v) is 10.6. The fourth-order valence-electron chi connectivity index (χ4n) is 7.58. The van der Waals surface area contributed by atoms with Crippen LogP contribution in [-0.4, -0.2) is 98.0 Å². The van der Waals surface area contributed by atoms with Gasteiger partial charge >= 0.3 is 5.97 Å². The van der Waals surface area contributed by atoms with Crippen LogP contribution in [0.25, 0.3) is 0 Å². The number of ketones is 1. The molecule has 1 unspecified atom stereocenters. The maximum Gasteiger partial charge on any atom is 0.326 e. The first-order chi connectivity index (χ1) is 26.4. The van der Waals surface area contributed by atoms with Gasteiger partial charge in [0.1, 0.15) is 29.9 Å². The number of carboxylic acids is 1. The Morgan fingerprint density at radius 1 is 0.873 bits per heavy atom. The molecule has 1 aliphatic heterocycles. The Hall–Kier alpha value is -5.21. The lowest BCUT2D eigenvalue weighted by Gasteiger charge is -2.36. The molecule has 1 aromatic heterocycles. The summed E-state index contributed by atoms with van der Waals surface area (Å²) in [5.74, 6) is -6.33. The number of benzene rings is 1. The van der Waals surface area contributed by atoms with Gasteiger partial charge in [0.25, 0.3) is 11.8 Å². The molecule has 1 saturated carbocycles. The van der Waals surface area contributed by atoms with E-state index in [2.05, 4.69) is 31.2 Å². The number of aliphatic carboxylic acids is 1. The molecule has 298 valence electrons. The summed E-state index contributed by atoms with van der Waals surface area (Å²) in [4.78, 5) is 104. The van der Waals surface area contributed by atoms with Crippen LogP contribution in [0.5, 0.6) is 0 Å². The zero-order valence-electron chi connectivity index (χ0n) is 32.2. The smallest absolute Gasteiger partial charge is 0.326 e. The molecule has 2 aliphatic rings. The van der Waals surface area contributed by atoms with Crippen molar-refractivity contribution in [2.24, 2.45) is 17.8 Å². The highest BCUT2D eigenvalue weighted by Crippen LogP contribution is 2.32. The van der Waals surface area contributed by atoms with E-state index in [1.165, 1.54) is 23.5 Å². The van der Waals surface area contributed by atoms with Crippen molar-refractivity contribution in [3.05, 3.63) is 60.2 Å². The Morgan fingerprint density at radius 3 is 2.18 bits per heavy atom. The van der Waals surface area contributed by atoms with Gasteiger partial charge in [-0.15, -0.1) is 0 Å². The number of carboxylic acid groups (broad SMARTS) is 1. The number of rotatable bonds is 18. The van der Waals surface area contributed by atoms with Gasteiger partial charge in [0.05, 0.1) is 12.2 Å². The molecule has 4 rings (SSSR count). The Bertz CT molecular complexity index is 1650. The number of hydrogen-bond donors (Lipinski definition) is 5. The SMILES string of the molecule is CCCC(NC(=O)[C@@H]1[C@@H](CC)CCN1C(=O)[C@@H](NC(=O)[C@@H](NC(=O)c1cnccn1)C(C)C)C1CCCCC1)C(=O)C(=O)N[C@@H](Cc1ccccc1)C(=O)O. The van der Waals surface area contributed by atoms with Crippen molar-refractivity contribution in [3.63, 3.8) is 0 Å². The molecule has 1 saturated heterocycles.